The van der Waals surface area contributed by atoms with Gasteiger partial charge in [-0.25, -0.2) is 0 Å². The van der Waals surface area contributed by atoms with Crippen molar-refractivity contribution in [2.45, 2.75) is 18.9 Å². The Morgan fingerprint density at radius 2 is 2.09 bits per heavy atom. The summed E-state index contributed by atoms with van der Waals surface area (Å²) in [6.45, 7) is 0. The smallest absolute Gasteiger partial charge is 0.264 e. The second-order valence-electron chi connectivity index (χ2n) is 2.72. The van der Waals surface area contributed by atoms with E-state index in [1.54, 1.807) is 0 Å². The average Bonchev–Trinajstić information content (AvgIpc) is 1.75. The van der Waals surface area contributed by atoms with Gasteiger partial charge in [-0.05, 0) is 12.8 Å². The Kier molecular flexibility index (Phi) is 2.16. The Balaban J connectivity index is 2.31. The van der Waals surface area contributed by atoms with Crippen LogP contribution in [0.4, 0.5) is 0 Å². The van der Waals surface area contributed by atoms with Crippen LogP contribution in [0.3, 0.4) is 0 Å². The lowest BCUT2D eigenvalue weighted by atomic mass is 9.84. The van der Waals surface area contributed by atoms with Gasteiger partial charge in [0, 0.05) is 0 Å². The van der Waals surface area contributed by atoms with Crippen molar-refractivity contribution in [2.75, 3.05) is 6.26 Å². The van der Waals surface area contributed by atoms with Crippen LogP contribution in [0.2, 0.25) is 0 Å². The molecule has 0 radical (unpaired) electrons. The summed E-state index contributed by atoms with van der Waals surface area (Å²) in [7, 11) is -3.33. The standard InChI is InChI=1S/C6H9NO3S/c1-11(8,9)10-6-2-5(3-6)4-7/h5-6H,2-3H2,1H3/t5-,6+. The highest BCUT2D eigenvalue weighted by molar-refractivity contribution is 7.86. The van der Waals surface area contributed by atoms with Gasteiger partial charge in [-0.1, -0.05) is 0 Å². The average molecular weight is 175 g/mol. The zero-order valence-electron chi connectivity index (χ0n) is 6.15. The lowest BCUT2D eigenvalue weighted by molar-refractivity contribution is 0.0972. The maximum atomic E-state index is 10.5. The Morgan fingerprint density at radius 1 is 1.55 bits per heavy atom. The van der Waals surface area contributed by atoms with E-state index in [4.69, 9.17) is 5.26 Å². The van der Waals surface area contributed by atoms with Crippen LogP contribution in [0.25, 0.3) is 0 Å². The van der Waals surface area contributed by atoms with Gasteiger partial charge in [0.2, 0.25) is 0 Å². The van der Waals surface area contributed by atoms with E-state index in [0.717, 1.165) is 6.26 Å². The van der Waals surface area contributed by atoms with Crippen LogP contribution in [0.1, 0.15) is 12.8 Å². The summed E-state index contributed by atoms with van der Waals surface area (Å²) in [5, 5.41) is 8.35. The molecule has 1 aliphatic rings. The molecule has 1 saturated carbocycles. The van der Waals surface area contributed by atoms with Gasteiger partial charge < -0.3 is 0 Å². The van der Waals surface area contributed by atoms with E-state index in [1.165, 1.54) is 0 Å². The summed E-state index contributed by atoms with van der Waals surface area (Å²) in [5.41, 5.74) is 0. The van der Waals surface area contributed by atoms with Crippen LogP contribution in [-0.2, 0) is 14.3 Å². The molecule has 1 fully saturated rings. The van der Waals surface area contributed by atoms with Crippen molar-refractivity contribution in [3.63, 3.8) is 0 Å². The third-order valence-electron chi connectivity index (χ3n) is 1.59. The zero-order chi connectivity index (χ0) is 8.48. The first-order chi connectivity index (χ1) is 5.01. The van der Waals surface area contributed by atoms with E-state index in [0.29, 0.717) is 12.8 Å². The Morgan fingerprint density at radius 3 is 2.45 bits per heavy atom. The number of rotatable bonds is 2. The largest absolute Gasteiger partial charge is 0.267 e. The Bertz CT molecular complexity index is 271. The van der Waals surface area contributed by atoms with Gasteiger partial charge in [0.1, 0.15) is 0 Å². The molecule has 0 saturated heterocycles. The maximum absolute atomic E-state index is 10.5. The summed E-state index contributed by atoms with van der Waals surface area (Å²) in [5.74, 6) is -0.0123. The van der Waals surface area contributed by atoms with E-state index < -0.39 is 10.1 Å². The predicted octanol–water partition coefficient (Wildman–Crippen LogP) is 0.265. The number of hydrogen-bond donors (Lipinski definition) is 0. The minimum absolute atomic E-state index is 0.0123. The van der Waals surface area contributed by atoms with Gasteiger partial charge in [-0.15, -0.1) is 0 Å². The van der Waals surface area contributed by atoms with Gasteiger partial charge >= 0.3 is 0 Å². The van der Waals surface area contributed by atoms with E-state index in [-0.39, 0.29) is 12.0 Å². The third-order valence-corrected chi connectivity index (χ3v) is 2.21. The normalized spacial score (nSPS) is 30.5. The Hall–Kier alpha value is -0.600. The van der Waals surface area contributed by atoms with Crippen LogP contribution in [-0.4, -0.2) is 20.8 Å². The van der Waals surface area contributed by atoms with E-state index in [9.17, 15) is 8.42 Å². The zero-order valence-corrected chi connectivity index (χ0v) is 6.97. The molecular formula is C6H9NO3S. The monoisotopic (exact) mass is 175 g/mol. The predicted molar refractivity (Wildman–Crippen MR) is 38.1 cm³/mol. The molecule has 0 aliphatic heterocycles. The highest BCUT2D eigenvalue weighted by Gasteiger charge is 2.32. The third kappa shape index (κ3) is 2.48. The number of nitriles is 1. The quantitative estimate of drug-likeness (QED) is 0.565. The summed E-state index contributed by atoms with van der Waals surface area (Å²) >= 11 is 0. The van der Waals surface area contributed by atoms with Crippen LogP contribution < -0.4 is 0 Å². The molecule has 11 heavy (non-hydrogen) atoms. The minimum Gasteiger partial charge on any atom is -0.267 e. The molecule has 0 aromatic heterocycles. The molecule has 1 aliphatic carbocycles. The molecule has 0 unspecified atom stereocenters. The van der Waals surface area contributed by atoms with E-state index in [2.05, 4.69) is 4.18 Å². The fraction of sp³-hybridized carbons (Fsp3) is 0.833. The van der Waals surface area contributed by atoms with Crippen molar-refractivity contribution in [2.24, 2.45) is 5.92 Å². The van der Waals surface area contributed by atoms with Gasteiger partial charge in [0.25, 0.3) is 10.1 Å². The fourth-order valence-electron chi connectivity index (χ4n) is 0.997. The highest BCUT2D eigenvalue weighted by atomic mass is 32.2. The molecule has 4 nitrogen and oxygen atoms in total. The van der Waals surface area contributed by atoms with Crippen LogP contribution in [0.5, 0.6) is 0 Å². The lowest BCUT2D eigenvalue weighted by Crippen LogP contribution is -2.32. The first-order valence-electron chi connectivity index (χ1n) is 3.29. The van der Waals surface area contributed by atoms with Gasteiger partial charge in [0.15, 0.2) is 0 Å². The maximum Gasteiger partial charge on any atom is 0.264 e. The van der Waals surface area contributed by atoms with E-state index >= 15 is 0 Å². The van der Waals surface area contributed by atoms with Crippen molar-refractivity contribution in [3.05, 3.63) is 0 Å². The van der Waals surface area contributed by atoms with Gasteiger partial charge in [-0.3, -0.25) is 4.18 Å². The van der Waals surface area contributed by atoms with E-state index in [1.807, 2.05) is 6.07 Å². The molecule has 1 rings (SSSR count). The van der Waals surface area contributed by atoms with Crippen LogP contribution >= 0.6 is 0 Å². The molecule has 0 aromatic rings. The molecule has 0 N–H and O–H groups in total. The molecule has 5 heteroatoms. The molecule has 0 bridgehead atoms. The Labute approximate surface area is 65.9 Å². The van der Waals surface area contributed by atoms with Gasteiger partial charge in [-0.2, -0.15) is 13.7 Å². The number of nitrogens with zero attached hydrogens (tertiary/aromatic N) is 1. The number of hydrogen-bond acceptors (Lipinski definition) is 4. The summed E-state index contributed by atoms with van der Waals surface area (Å²) in [6, 6.07) is 2.04. The molecule has 0 heterocycles. The summed E-state index contributed by atoms with van der Waals surface area (Å²) in [4.78, 5) is 0. The SMILES string of the molecule is CS(=O)(=O)O[C@H]1C[C@@H](C#N)C1. The van der Waals surface area contributed by atoms with Crippen molar-refractivity contribution in [1.82, 2.24) is 0 Å². The first kappa shape index (κ1) is 8.50. The molecule has 0 aromatic carbocycles. The van der Waals surface area contributed by atoms with Crippen molar-refractivity contribution in [1.29, 1.82) is 5.26 Å². The second kappa shape index (κ2) is 2.80. The van der Waals surface area contributed by atoms with Gasteiger partial charge in [0.05, 0.1) is 24.3 Å². The van der Waals surface area contributed by atoms with Crippen molar-refractivity contribution < 1.29 is 12.6 Å². The van der Waals surface area contributed by atoms with Crippen LogP contribution in [0.15, 0.2) is 0 Å². The molecule has 62 valence electrons. The first-order valence-corrected chi connectivity index (χ1v) is 5.11. The fourth-order valence-corrected chi connectivity index (χ4v) is 1.65. The highest BCUT2D eigenvalue weighted by Crippen LogP contribution is 2.29. The molecule has 0 amide bonds. The topological polar surface area (TPSA) is 67.2 Å². The lowest BCUT2D eigenvalue weighted by Gasteiger charge is -2.28. The van der Waals surface area contributed by atoms with Crippen molar-refractivity contribution >= 4 is 10.1 Å². The molecule has 0 atom stereocenters. The molecular weight excluding hydrogens is 166 g/mol. The van der Waals surface area contributed by atoms with Crippen molar-refractivity contribution in [3.8, 4) is 6.07 Å². The minimum atomic E-state index is -3.33. The summed E-state index contributed by atoms with van der Waals surface area (Å²) in [6.07, 6.45) is 1.86. The second-order valence-corrected chi connectivity index (χ2v) is 4.32. The van der Waals surface area contributed by atoms with Crippen LogP contribution in [0, 0.1) is 17.2 Å². The molecule has 0 spiro atoms. The summed E-state index contributed by atoms with van der Waals surface area (Å²) < 4.78 is 25.7.